The minimum atomic E-state index is 0.340. The van der Waals surface area contributed by atoms with Gasteiger partial charge in [-0.2, -0.15) is 5.10 Å². The van der Waals surface area contributed by atoms with Gasteiger partial charge >= 0.3 is 0 Å². The fraction of sp³-hybridized carbons (Fsp3) is 0.632. The van der Waals surface area contributed by atoms with Gasteiger partial charge in [0.15, 0.2) is 5.82 Å². The van der Waals surface area contributed by atoms with Crippen molar-refractivity contribution in [2.24, 2.45) is 5.92 Å². The lowest BCUT2D eigenvalue weighted by Gasteiger charge is -2.24. The van der Waals surface area contributed by atoms with Crippen LogP contribution in [0.4, 0.5) is 0 Å². The molecule has 2 aliphatic heterocycles. The molecule has 1 atom stereocenters. The molecule has 5 rings (SSSR count). The lowest BCUT2D eigenvalue weighted by molar-refractivity contribution is -0.129. The first kappa shape index (κ1) is 16.1. The first-order chi connectivity index (χ1) is 12.8. The van der Waals surface area contributed by atoms with Gasteiger partial charge in [0.05, 0.1) is 12.2 Å². The van der Waals surface area contributed by atoms with Crippen LogP contribution >= 0.6 is 0 Å². The van der Waals surface area contributed by atoms with Gasteiger partial charge in [-0.1, -0.05) is 12.8 Å². The quantitative estimate of drug-likeness (QED) is 0.906. The number of imidazole rings is 1. The Morgan fingerprint density at radius 1 is 1.27 bits per heavy atom. The number of nitrogens with zero attached hydrogens (tertiary/aromatic N) is 5. The monoisotopic (exact) mass is 354 g/mol. The molecule has 0 spiro atoms. The highest BCUT2D eigenvalue weighted by molar-refractivity contribution is 5.79. The van der Waals surface area contributed by atoms with Crippen molar-refractivity contribution in [1.29, 1.82) is 0 Å². The van der Waals surface area contributed by atoms with Crippen LogP contribution in [0.3, 0.4) is 0 Å². The summed E-state index contributed by atoms with van der Waals surface area (Å²) in [5, 5.41) is 8.12. The normalized spacial score (nSPS) is 23.8. The highest BCUT2D eigenvalue weighted by atomic mass is 16.2. The molecule has 1 aliphatic carbocycles. The Bertz CT molecular complexity index is 779. The minimum Gasteiger partial charge on any atom is -0.339 e. The number of aromatic nitrogens is 4. The van der Waals surface area contributed by atoms with E-state index in [1.807, 2.05) is 12.4 Å². The summed E-state index contributed by atoms with van der Waals surface area (Å²) in [5.74, 6) is 1.63. The molecule has 3 aliphatic rings. The topological polar surface area (TPSA) is 68.0 Å². The van der Waals surface area contributed by atoms with Gasteiger partial charge in [-0.05, 0) is 18.9 Å². The number of carbonyl (C=O) groups is 1. The molecule has 2 fully saturated rings. The van der Waals surface area contributed by atoms with Gasteiger partial charge in [-0.15, -0.1) is 0 Å². The third-order valence-corrected chi connectivity index (χ3v) is 6.07. The van der Waals surface area contributed by atoms with Crippen molar-refractivity contribution in [2.45, 2.75) is 57.8 Å². The van der Waals surface area contributed by atoms with E-state index in [2.05, 4.69) is 30.5 Å². The van der Waals surface area contributed by atoms with Crippen molar-refractivity contribution in [1.82, 2.24) is 29.5 Å². The average molecular weight is 354 g/mol. The highest BCUT2D eigenvalue weighted by Crippen LogP contribution is 2.30. The molecule has 2 aromatic heterocycles. The fourth-order valence-electron chi connectivity index (χ4n) is 4.77. The Balaban J connectivity index is 1.32. The zero-order valence-corrected chi connectivity index (χ0v) is 15.1. The lowest BCUT2D eigenvalue weighted by atomic mass is 10.1. The summed E-state index contributed by atoms with van der Waals surface area (Å²) in [4.78, 5) is 19.2. The first-order valence-electron chi connectivity index (χ1n) is 9.86. The van der Waals surface area contributed by atoms with Gasteiger partial charge in [-0.3, -0.25) is 9.48 Å². The molecule has 0 radical (unpaired) electrons. The van der Waals surface area contributed by atoms with E-state index >= 15 is 0 Å². The second-order valence-electron chi connectivity index (χ2n) is 7.88. The van der Waals surface area contributed by atoms with Crippen LogP contribution in [0.2, 0.25) is 0 Å². The zero-order valence-electron chi connectivity index (χ0n) is 15.1. The van der Waals surface area contributed by atoms with Crippen LogP contribution in [-0.4, -0.2) is 49.3 Å². The van der Waals surface area contributed by atoms with E-state index in [9.17, 15) is 4.79 Å². The summed E-state index contributed by atoms with van der Waals surface area (Å²) in [5.41, 5.74) is 2.15. The Hall–Kier alpha value is -2.15. The van der Waals surface area contributed by atoms with Gasteiger partial charge in [0.2, 0.25) is 5.91 Å². The molecule has 7 nitrogen and oxygen atoms in total. The summed E-state index contributed by atoms with van der Waals surface area (Å²) in [7, 11) is 0. The standard InChI is InChI=1S/C19H26N6O/c26-18-9-14(13-24(18)15-3-1-2-4-15)12-23-7-6-21-19(23)17-10-16-11-20-5-8-25(16)22-17/h6-7,10,14-15,20H,1-5,8-9,11-13H2/t14-/m1/s1. The molecule has 1 amide bonds. The molecule has 0 aromatic carbocycles. The molecule has 4 heterocycles. The molecule has 0 bridgehead atoms. The molecule has 26 heavy (non-hydrogen) atoms. The van der Waals surface area contributed by atoms with Crippen molar-refractivity contribution in [3.8, 4) is 11.5 Å². The van der Waals surface area contributed by atoms with E-state index in [0.29, 0.717) is 24.3 Å². The average Bonchev–Trinajstić information content (AvgIpc) is 3.41. The number of rotatable bonds is 4. The van der Waals surface area contributed by atoms with Crippen molar-refractivity contribution in [3.63, 3.8) is 0 Å². The number of carbonyl (C=O) groups excluding carboxylic acids is 1. The first-order valence-corrected chi connectivity index (χ1v) is 9.86. The molecule has 1 saturated heterocycles. The maximum atomic E-state index is 12.5. The summed E-state index contributed by atoms with van der Waals surface area (Å²) in [6.07, 6.45) is 9.44. The summed E-state index contributed by atoms with van der Waals surface area (Å²) < 4.78 is 4.25. The maximum Gasteiger partial charge on any atom is 0.223 e. The number of hydrogen-bond acceptors (Lipinski definition) is 4. The number of nitrogens with one attached hydrogen (secondary N) is 1. The number of hydrogen-bond donors (Lipinski definition) is 1. The molecule has 1 saturated carbocycles. The summed E-state index contributed by atoms with van der Waals surface area (Å²) >= 11 is 0. The van der Waals surface area contributed by atoms with Crippen molar-refractivity contribution in [3.05, 3.63) is 24.2 Å². The lowest BCUT2D eigenvalue weighted by Crippen LogP contribution is -2.34. The summed E-state index contributed by atoms with van der Waals surface area (Å²) in [6.45, 7) is 4.46. The van der Waals surface area contributed by atoms with E-state index in [1.165, 1.54) is 31.4 Å². The van der Waals surface area contributed by atoms with Crippen LogP contribution < -0.4 is 5.32 Å². The Labute approximate surface area is 153 Å². The van der Waals surface area contributed by atoms with Gasteiger partial charge < -0.3 is 14.8 Å². The molecule has 2 aromatic rings. The summed E-state index contributed by atoms with van der Waals surface area (Å²) in [6, 6.07) is 2.62. The highest BCUT2D eigenvalue weighted by Gasteiger charge is 2.35. The number of fused-ring (bicyclic) bond motifs is 1. The largest absolute Gasteiger partial charge is 0.339 e. The molecule has 0 unspecified atom stereocenters. The van der Waals surface area contributed by atoms with Crippen LogP contribution in [-0.2, 0) is 24.4 Å². The molecule has 7 heteroatoms. The third-order valence-electron chi connectivity index (χ3n) is 6.07. The molecule has 1 N–H and O–H groups in total. The van der Waals surface area contributed by atoms with Crippen LogP contribution in [0, 0.1) is 5.92 Å². The van der Waals surface area contributed by atoms with Crippen LogP contribution in [0.5, 0.6) is 0 Å². The predicted molar refractivity (Wildman–Crippen MR) is 97.2 cm³/mol. The van der Waals surface area contributed by atoms with Gasteiger partial charge in [0.25, 0.3) is 0 Å². The van der Waals surface area contributed by atoms with E-state index in [4.69, 9.17) is 5.10 Å². The minimum absolute atomic E-state index is 0.340. The van der Waals surface area contributed by atoms with Gasteiger partial charge in [0, 0.05) is 57.0 Å². The predicted octanol–water partition coefficient (Wildman–Crippen LogP) is 1.64. The maximum absolute atomic E-state index is 12.5. The third kappa shape index (κ3) is 2.84. The Morgan fingerprint density at radius 3 is 3.00 bits per heavy atom. The zero-order chi connectivity index (χ0) is 17.5. The van der Waals surface area contributed by atoms with Crippen molar-refractivity contribution in [2.75, 3.05) is 13.1 Å². The SMILES string of the molecule is O=C1C[C@H](Cn2ccnc2-c2cc3n(n2)CCNC3)CN1C1CCCC1. The van der Waals surface area contributed by atoms with E-state index in [-0.39, 0.29) is 0 Å². The van der Waals surface area contributed by atoms with Crippen LogP contribution in [0.25, 0.3) is 11.5 Å². The second-order valence-corrected chi connectivity index (χ2v) is 7.88. The van der Waals surface area contributed by atoms with E-state index in [0.717, 1.165) is 44.2 Å². The van der Waals surface area contributed by atoms with Crippen molar-refractivity contribution < 1.29 is 4.79 Å². The van der Waals surface area contributed by atoms with E-state index < -0.39 is 0 Å². The molecular weight excluding hydrogens is 328 g/mol. The molecular formula is C19H26N6O. The van der Waals surface area contributed by atoms with E-state index in [1.54, 1.807) is 0 Å². The van der Waals surface area contributed by atoms with Gasteiger partial charge in [0.1, 0.15) is 5.69 Å². The smallest absolute Gasteiger partial charge is 0.223 e. The number of amides is 1. The Kier molecular flexibility index (Phi) is 4.04. The Morgan fingerprint density at radius 2 is 2.15 bits per heavy atom. The second kappa shape index (κ2) is 6.54. The van der Waals surface area contributed by atoms with Crippen LogP contribution in [0.15, 0.2) is 18.5 Å². The number of likely N-dealkylation sites (tertiary alicyclic amines) is 1. The molecule has 138 valence electrons. The van der Waals surface area contributed by atoms with Crippen LogP contribution in [0.1, 0.15) is 37.8 Å². The fourth-order valence-corrected chi connectivity index (χ4v) is 4.77. The van der Waals surface area contributed by atoms with Gasteiger partial charge in [-0.25, -0.2) is 4.98 Å². The van der Waals surface area contributed by atoms with Crippen molar-refractivity contribution >= 4 is 5.91 Å².